The lowest BCUT2D eigenvalue weighted by Crippen LogP contribution is -2.44. The average Bonchev–Trinajstić information content (AvgIpc) is 3.21. The Morgan fingerprint density at radius 3 is 2.70 bits per heavy atom. The van der Waals surface area contributed by atoms with Crippen LogP contribution in [0.2, 0.25) is 0 Å². The number of rotatable bonds is 6. The number of nitrogens with zero attached hydrogens (tertiary/aromatic N) is 2. The molecule has 1 aromatic heterocycles. The van der Waals surface area contributed by atoms with Crippen molar-refractivity contribution in [3.8, 4) is 0 Å². The first-order chi connectivity index (χ1) is 9.54. The zero-order valence-corrected chi connectivity index (χ0v) is 11.3. The van der Waals surface area contributed by atoms with E-state index in [1.807, 2.05) is 6.92 Å². The second-order valence-corrected chi connectivity index (χ2v) is 5.02. The monoisotopic (exact) mass is 278 g/mol. The van der Waals surface area contributed by atoms with Gasteiger partial charge in [0.1, 0.15) is 0 Å². The van der Waals surface area contributed by atoms with E-state index >= 15 is 0 Å². The summed E-state index contributed by atoms with van der Waals surface area (Å²) in [5.74, 6) is -0.609. The van der Waals surface area contributed by atoms with Crippen LogP contribution in [-0.2, 0) is 11.3 Å². The van der Waals surface area contributed by atoms with Crippen LogP contribution in [-0.4, -0.2) is 33.1 Å². The molecule has 0 radical (unpaired) electrons. The maximum atomic E-state index is 11.7. The zero-order chi connectivity index (χ0) is 14.5. The van der Waals surface area contributed by atoms with Crippen LogP contribution in [0.25, 0.3) is 0 Å². The molecule has 108 valence electrons. The third-order valence-corrected chi connectivity index (χ3v) is 3.17. The molecule has 1 aliphatic rings. The number of carboxylic acids is 1. The largest absolute Gasteiger partial charge is 0.481 e. The summed E-state index contributed by atoms with van der Waals surface area (Å²) < 4.78 is 0. The summed E-state index contributed by atoms with van der Waals surface area (Å²) in [5.41, 5.74) is 1.47. The molecule has 0 spiro atoms. The van der Waals surface area contributed by atoms with Crippen molar-refractivity contribution in [2.75, 3.05) is 0 Å². The third-order valence-electron chi connectivity index (χ3n) is 3.17. The van der Waals surface area contributed by atoms with Crippen LogP contribution in [0.3, 0.4) is 0 Å². The number of carboxylic acid groups (broad SMARTS) is 1. The lowest BCUT2D eigenvalue weighted by atomic mass is 10.1. The van der Waals surface area contributed by atoms with Crippen molar-refractivity contribution in [2.24, 2.45) is 5.92 Å². The van der Waals surface area contributed by atoms with E-state index in [1.165, 1.54) is 0 Å². The molecule has 1 heterocycles. The van der Waals surface area contributed by atoms with Gasteiger partial charge in [-0.1, -0.05) is 0 Å². The van der Waals surface area contributed by atoms with Crippen LogP contribution in [0, 0.1) is 12.8 Å². The highest BCUT2D eigenvalue weighted by molar-refractivity contribution is 5.75. The molecule has 1 aliphatic carbocycles. The van der Waals surface area contributed by atoms with E-state index in [4.69, 9.17) is 5.11 Å². The molecular weight excluding hydrogens is 260 g/mol. The molecule has 1 saturated carbocycles. The number of hydrogen-bond acceptors (Lipinski definition) is 4. The summed E-state index contributed by atoms with van der Waals surface area (Å²) in [6.45, 7) is 2.10. The molecule has 20 heavy (non-hydrogen) atoms. The minimum Gasteiger partial charge on any atom is -0.481 e. The highest BCUT2D eigenvalue weighted by Crippen LogP contribution is 2.33. The van der Waals surface area contributed by atoms with Gasteiger partial charge in [-0.15, -0.1) is 0 Å². The molecule has 0 saturated heterocycles. The second-order valence-electron chi connectivity index (χ2n) is 5.02. The van der Waals surface area contributed by atoms with Crippen molar-refractivity contribution in [3.63, 3.8) is 0 Å². The van der Waals surface area contributed by atoms with Gasteiger partial charge in [-0.2, -0.15) is 0 Å². The van der Waals surface area contributed by atoms with Crippen molar-refractivity contribution in [2.45, 2.75) is 38.8 Å². The van der Waals surface area contributed by atoms with Crippen molar-refractivity contribution < 1.29 is 14.7 Å². The number of aryl methyl sites for hydroxylation is 1. The van der Waals surface area contributed by atoms with Crippen molar-refractivity contribution in [1.29, 1.82) is 0 Å². The number of aromatic nitrogens is 2. The first kappa shape index (κ1) is 14.2. The number of carbonyl (C=O) groups excluding carboxylic acids is 1. The smallest absolute Gasteiger partial charge is 0.315 e. The maximum absolute atomic E-state index is 11.7. The molecule has 3 N–H and O–H groups in total. The van der Waals surface area contributed by atoms with E-state index in [0.717, 1.165) is 18.5 Å². The fourth-order valence-electron chi connectivity index (χ4n) is 1.92. The Bertz CT molecular complexity index is 485. The summed E-state index contributed by atoms with van der Waals surface area (Å²) >= 11 is 0. The molecule has 2 amide bonds. The Morgan fingerprint density at radius 1 is 1.40 bits per heavy atom. The highest BCUT2D eigenvalue weighted by atomic mass is 16.4. The van der Waals surface area contributed by atoms with Gasteiger partial charge in [0.05, 0.1) is 30.6 Å². The van der Waals surface area contributed by atoms with Gasteiger partial charge >= 0.3 is 12.0 Å². The molecule has 0 aromatic carbocycles. The van der Waals surface area contributed by atoms with E-state index in [1.54, 1.807) is 12.4 Å². The molecular formula is C13H18N4O3. The fourth-order valence-corrected chi connectivity index (χ4v) is 1.92. The molecule has 7 nitrogen and oxygen atoms in total. The lowest BCUT2D eigenvalue weighted by molar-refractivity contribution is -0.137. The molecule has 7 heteroatoms. The molecule has 1 aromatic rings. The van der Waals surface area contributed by atoms with Gasteiger partial charge in [0.25, 0.3) is 0 Å². The topological polar surface area (TPSA) is 104 Å². The molecule has 1 atom stereocenters. The van der Waals surface area contributed by atoms with Gasteiger partial charge in [0.2, 0.25) is 0 Å². The van der Waals surface area contributed by atoms with Crippen LogP contribution in [0.15, 0.2) is 12.4 Å². The van der Waals surface area contributed by atoms with Gasteiger partial charge in [-0.25, -0.2) is 4.79 Å². The van der Waals surface area contributed by atoms with Gasteiger partial charge in [-0.05, 0) is 25.7 Å². The van der Waals surface area contributed by atoms with E-state index in [2.05, 4.69) is 20.6 Å². The summed E-state index contributed by atoms with van der Waals surface area (Å²) in [6, 6.07) is -0.665. The zero-order valence-electron chi connectivity index (χ0n) is 11.3. The van der Waals surface area contributed by atoms with Crippen LogP contribution < -0.4 is 10.6 Å². The lowest BCUT2D eigenvalue weighted by Gasteiger charge is -2.16. The first-order valence-electron chi connectivity index (χ1n) is 6.58. The summed E-state index contributed by atoms with van der Waals surface area (Å²) in [4.78, 5) is 30.7. The van der Waals surface area contributed by atoms with Crippen molar-refractivity contribution in [1.82, 2.24) is 20.6 Å². The number of hydrogen-bond donors (Lipinski definition) is 3. The molecule has 0 aliphatic heterocycles. The van der Waals surface area contributed by atoms with E-state index in [-0.39, 0.29) is 31.0 Å². The van der Waals surface area contributed by atoms with E-state index < -0.39 is 5.97 Å². The quantitative estimate of drug-likeness (QED) is 0.715. The normalized spacial score (nSPS) is 15.4. The van der Waals surface area contributed by atoms with Gasteiger partial charge < -0.3 is 15.7 Å². The number of urea groups is 1. The second kappa shape index (κ2) is 6.31. The maximum Gasteiger partial charge on any atom is 0.315 e. The van der Waals surface area contributed by atoms with Crippen LogP contribution >= 0.6 is 0 Å². The van der Waals surface area contributed by atoms with Crippen molar-refractivity contribution >= 4 is 12.0 Å². The number of nitrogens with one attached hydrogen (secondary N) is 2. The standard InChI is InChI=1S/C13H18N4O3/c1-8-5-15-10(6-14-8)7-16-13(20)17-11(4-12(18)19)9-2-3-9/h5-6,9,11H,2-4,7H2,1H3,(H,18,19)(H2,16,17,20). The minimum atomic E-state index is -0.897. The Hall–Kier alpha value is -2.18. The SMILES string of the molecule is Cc1cnc(CNC(=O)NC(CC(=O)O)C2CC2)cn1. The predicted octanol–water partition coefficient (Wildman–Crippen LogP) is 0.838. The summed E-state index contributed by atoms with van der Waals surface area (Å²) in [7, 11) is 0. The van der Waals surface area contributed by atoms with E-state index in [0.29, 0.717) is 5.69 Å². The molecule has 1 fully saturated rings. The highest BCUT2D eigenvalue weighted by Gasteiger charge is 2.33. The van der Waals surface area contributed by atoms with Crippen molar-refractivity contribution in [3.05, 3.63) is 23.8 Å². The Morgan fingerprint density at radius 2 is 2.15 bits per heavy atom. The van der Waals surface area contributed by atoms with Crippen LogP contribution in [0.5, 0.6) is 0 Å². The molecule has 2 rings (SSSR count). The van der Waals surface area contributed by atoms with Gasteiger partial charge in [0.15, 0.2) is 0 Å². The van der Waals surface area contributed by atoms with Gasteiger partial charge in [0, 0.05) is 12.2 Å². The number of carbonyl (C=O) groups is 2. The number of aliphatic carboxylic acids is 1. The fraction of sp³-hybridized carbons (Fsp3) is 0.538. The van der Waals surface area contributed by atoms with Gasteiger partial charge in [-0.3, -0.25) is 14.8 Å². The molecule has 1 unspecified atom stereocenters. The number of amides is 2. The van der Waals surface area contributed by atoms with Crippen LogP contribution in [0.4, 0.5) is 4.79 Å². The van der Waals surface area contributed by atoms with Crippen LogP contribution in [0.1, 0.15) is 30.7 Å². The third kappa shape index (κ3) is 4.49. The first-order valence-corrected chi connectivity index (χ1v) is 6.58. The predicted molar refractivity (Wildman–Crippen MR) is 70.9 cm³/mol. The Labute approximate surface area is 116 Å². The summed E-state index contributed by atoms with van der Waals surface area (Å²) in [5, 5.41) is 14.2. The Kier molecular flexibility index (Phi) is 4.49. The Balaban J connectivity index is 1.79. The average molecular weight is 278 g/mol. The molecule has 0 bridgehead atoms. The summed E-state index contributed by atoms with van der Waals surface area (Å²) in [6.07, 6.45) is 5.14. The minimum absolute atomic E-state index is 0.0393. The van der Waals surface area contributed by atoms with E-state index in [9.17, 15) is 9.59 Å².